The van der Waals surface area contributed by atoms with Gasteiger partial charge in [-0.2, -0.15) is 12.7 Å². The van der Waals surface area contributed by atoms with Gasteiger partial charge in [-0.3, -0.25) is 0 Å². The summed E-state index contributed by atoms with van der Waals surface area (Å²) in [7, 11) is -3.17. The van der Waals surface area contributed by atoms with Gasteiger partial charge in [0.15, 0.2) is 0 Å². The molecule has 2 N–H and O–H groups in total. The Hall–Kier alpha value is -0.920. The van der Waals surface area contributed by atoms with Crippen molar-refractivity contribution in [1.82, 2.24) is 19.0 Å². The first-order valence-corrected chi connectivity index (χ1v) is 6.35. The average Bonchev–Trinajstić information content (AvgIpc) is 2.77. The third kappa shape index (κ3) is 2.55. The fourth-order valence-corrected chi connectivity index (χ4v) is 2.84. The van der Waals surface area contributed by atoms with Crippen molar-refractivity contribution in [1.29, 1.82) is 0 Å². The van der Waals surface area contributed by atoms with Crippen molar-refractivity contribution in [3.63, 3.8) is 0 Å². The summed E-state index contributed by atoms with van der Waals surface area (Å²) in [5, 5.41) is 0. The molecule has 1 aromatic heterocycles. The number of hydrogen-bond donors (Lipinski definition) is 2. The van der Waals surface area contributed by atoms with E-state index in [1.165, 1.54) is 4.31 Å². The molecule has 0 aromatic carbocycles. The van der Waals surface area contributed by atoms with Gasteiger partial charge in [0.2, 0.25) is 0 Å². The summed E-state index contributed by atoms with van der Waals surface area (Å²) in [6.07, 6.45) is 5.06. The van der Waals surface area contributed by atoms with Gasteiger partial charge >= 0.3 is 0 Å². The van der Waals surface area contributed by atoms with Crippen LogP contribution >= 0.6 is 0 Å². The molecule has 1 fully saturated rings. The van der Waals surface area contributed by atoms with E-state index in [0.717, 1.165) is 18.5 Å². The fourth-order valence-electron chi connectivity index (χ4n) is 1.61. The minimum atomic E-state index is -3.17. The normalized spacial score (nSPS) is 20.8. The number of H-pyrrole nitrogens is 1. The topological polar surface area (TPSA) is 78.1 Å². The van der Waals surface area contributed by atoms with Gasteiger partial charge in [0.1, 0.15) is 0 Å². The molecule has 0 spiro atoms. The quantitative estimate of drug-likeness (QED) is 0.731. The smallest absolute Gasteiger partial charge is 0.279 e. The number of aryl methyl sites for hydroxylation is 1. The number of nitrogens with zero attached hydrogens (tertiary/aromatic N) is 2. The van der Waals surface area contributed by atoms with Crippen LogP contribution in [-0.4, -0.2) is 42.3 Å². The molecule has 1 saturated heterocycles. The molecule has 0 unspecified atom stereocenters. The molecule has 1 aliphatic heterocycles. The number of aromatic amines is 1. The van der Waals surface area contributed by atoms with Gasteiger partial charge in [-0.1, -0.05) is 0 Å². The summed E-state index contributed by atoms with van der Waals surface area (Å²) in [5.74, 6) is 0. The lowest BCUT2D eigenvalue weighted by Crippen LogP contribution is -2.30. The van der Waals surface area contributed by atoms with E-state index in [4.69, 9.17) is 0 Å². The van der Waals surface area contributed by atoms with Crippen LogP contribution in [0, 0.1) is 0 Å². The van der Waals surface area contributed by atoms with Crippen LogP contribution in [0.2, 0.25) is 0 Å². The Morgan fingerprint density at radius 3 is 3.00 bits per heavy atom. The molecule has 0 bridgehead atoms. The standard InChI is InChI=1S/C8H14N4O2S/c13-15(14)11-3-5-12(15)4-1-2-8-6-9-7-10-8/h6-7,11H,1-5H2,(H,9,10). The molecule has 84 valence electrons. The highest BCUT2D eigenvalue weighted by molar-refractivity contribution is 7.87. The molecule has 0 atom stereocenters. The van der Waals surface area contributed by atoms with Crippen LogP contribution < -0.4 is 4.72 Å². The van der Waals surface area contributed by atoms with Gasteiger partial charge in [-0.15, -0.1) is 0 Å². The van der Waals surface area contributed by atoms with E-state index in [0.29, 0.717) is 19.6 Å². The molecule has 0 aliphatic carbocycles. The molecule has 2 rings (SSSR count). The second-order valence-electron chi connectivity index (χ2n) is 3.46. The zero-order chi connectivity index (χ0) is 10.7. The van der Waals surface area contributed by atoms with Crippen LogP contribution in [-0.2, 0) is 16.6 Å². The molecule has 7 heteroatoms. The maximum atomic E-state index is 11.3. The van der Waals surface area contributed by atoms with Gasteiger partial charge in [0, 0.05) is 25.8 Å². The van der Waals surface area contributed by atoms with E-state index >= 15 is 0 Å². The first kappa shape index (κ1) is 10.6. The van der Waals surface area contributed by atoms with Crippen molar-refractivity contribution in [2.45, 2.75) is 12.8 Å². The molecule has 0 saturated carbocycles. The third-order valence-corrected chi connectivity index (χ3v) is 3.99. The van der Waals surface area contributed by atoms with Gasteiger partial charge in [0.05, 0.1) is 12.0 Å². The lowest BCUT2D eigenvalue weighted by atomic mass is 10.2. The minimum Gasteiger partial charge on any atom is -0.351 e. The van der Waals surface area contributed by atoms with Crippen LogP contribution in [0.4, 0.5) is 0 Å². The molecule has 0 amide bonds. The Morgan fingerprint density at radius 1 is 1.53 bits per heavy atom. The second-order valence-corrected chi connectivity index (χ2v) is 5.22. The first-order valence-electron chi connectivity index (χ1n) is 4.91. The highest BCUT2D eigenvalue weighted by Gasteiger charge is 2.26. The van der Waals surface area contributed by atoms with Gasteiger partial charge in [0.25, 0.3) is 10.2 Å². The zero-order valence-electron chi connectivity index (χ0n) is 8.31. The van der Waals surface area contributed by atoms with Crippen molar-refractivity contribution < 1.29 is 8.42 Å². The predicted octanol–water partition coefficient (Wildman–Crippen LogP) is -0.508. The summed E-state index contributed by atoms with van der Waals surface area (Å²) in [6.45, 7) is 1.65. The Bertz CT molecular complexity index is 400. The van der Waals surface area contributed by atoms with Crippen molar-refractivity contribution in [3.8, 4) is 0 Å². The van der Waals surface area contributed by atoms with Crippen molar-refractivity contribution >= 4 is 10.2 Å². The summed E-state index contributed by atoms with van der Waals surface area (Å²) >= 11 is 0. The van der Waals surface area contributed by atoms with E-state index in [2.05, 4.69) is 14.7 Å². The van der Waals surface area contributed by atoms with Crippen LogP contribution in [0.15, 0.2) is 12.5 Å². The molecule has 0 radical (unpaired) electrons. The van der Waals surface area contributed by atoms with E-state index in [9.17, 15) is 8.42 Å². The Labute approximate surface area is 88.9 Å². The fraction of sp³-hybridized carbons (Fsp3) is 0.625. The Balaban J connectivity index is 1.79. The summed E-state index contributed by atoms with van der Waals surface area (Å²) < 4.78 is 26.6. The largest absolute Gasteiger partial charge is 0.351 e. The molecule has 1 aromatic rings. The average molecular weight is 230 g/mol. The Morgan fingerprint density at radius 2 is 2.40 bits per heavy atom. The van der Waals surface area contributed by atoms with Crippen molar-refractivity contribution in [2.24, 2.45) is 0 Å². The Kier molecular flexibility index (Phi) is 3.03. The third-order valence-electron chi connectivity index (χ3n) is 2.38. The van der Waals surface area contributed by atoms with Crippen LogP contribution in [0.1, 0.15) is 12.1 Å². The van der Waals surface area contributed by atoms with Crippen molar-refractivity contribution in [3.05, 3.63) is 18.2 Å². The number of hydrogen-bond acceptors (Lipinski definition) is 3. The van der Waals surface area contributed by atoms with E-state index < -0.39 is 10.2 Å². The van der Waals surface area contributed by atoms with Gasteiger partial charge in [-0.25, -0.2) is 9.71 Å². The molecular weight excluding hydrogens is 216 g/mol. The predicted molar refractivity (Wildman–Crippen MR) is 55.4 cm³/mol. The van der Waals surface area contributed by atoms with Crippen LogP contribution in [0.3, 0.4) is 0 Å². The molecule has 1 aliphatic rings. The molecule has 15 heavy (non-hydrogen) atoms. The molecule has 2 heterocycles. The number of rotatable bonds is 4. The van der Waals surface area contributed by atoms with Crippen molar-refractivity contribution in [2.75, 3.05) is 19.6 Å². The van der Waals surface area contributed by atoms with E-state index in [1.807, 2.05) is 6.20 Å². The van der Waals surface area contributed by atoms with Crippen LogP contribution in [0.5, 0.6) is 0 Å². The highest BCUT2D eigenvalue weighted by Crippen LogP contribution is 2.06. The first-order chi connectivity index (χ1) is 7.18. The zero-order valence-corrected chi connectivity index (χ0v) is 9.13. The monoisotopic (exact) mass is 230 g/mol. The maximum Gasteiger partial charge on any atom is 0.279 e. The van der Waals surface area contributed by atoms with Gasteiger partial charge < -0.3 is 4.98 Å². The van der Waals surface area contributed by atoms with Crippen LogP contribution in [0.25, 0.3) is 0 Å². The molecular formula is C8H14N4O2S. The second kappa shape index (κ2) is 4.30. The number of aromatic nitrogens is 2. The summed E-state index contributed by atoms with van der Waals surface area (Å²) in [5.41, 5.74) is 0.972. The lowest BCUT2D eigenvalue weighted by Gasteiger charge is -2.11. The highest BCUT2D eigenvalue weighted by atomic mass is 32.2. The minimum absolute atomic E-state index is 0.519. The summed E-state index contributed by atoms with van der Waals surface area (Å²) in [4.78, 5) is 6.95. The number of nitrogens with one attached hydrogen (secondary N) is 2. The van der Waals surface area contributed by atoms with E-state index in [1.54, 1.807) is 6.33 Å². The van der Waals surface area contributed by atoms with Gasteiger partial charge in [-0.05, 0) is 12.8 Å². The van der Waals surface area contributed by atoms with E-state index in [-0.39, 0.29) is 0 Å². The summed E-state index contributed by atoms with van der Waals surface area (Å²) in [6, 6.07) is 0. The SMILES string of the molecule is O=S1(=O)NCCN1CCCc1c[nH]cn1. The lowest BCUT2D eigenvalue weighted by molar-refractivity contribution is 0.440. The number of imidazole rings is 1. The molecule has 6 nitrogen and oxygen atoms in total. The maximum absolute atomic E-state index is 11.3.